The van der Waals surface area contributed by atoms with Crippen molar-refractivity contribution >= 4 is 45.1 Å². The van der Waals surface area contributed by atoms with Crippen molar-refractivity contribution in [3.05, 3.63) is 81.9 Å². The first-order valence-electron chi connectivity index (χ1n) is 11.6. The Balaban J connectivity index is 0.00000259. The number of hydrogen-bond donors (Lipinski definition) is 0. The van der Waals surface area contributed by atoms with Gasteiger partial charge in [-0.05, 0) is 67.5 Å². The zero-order valence-corrected chi connectivity index (χ0v) is 23.6. The highest BCUT2D eigenvalue weighted by atomic mass is 127. The lowest BCUT2D eigenvalue weighted by atomic mass is 9.75. The summed E-state index contributed by atoms with van der Waals surface area (Å²) in [5.74, 6) is 0. The van der Waals surface area contributed by atoms with Crippen molar-refractivity contribution in [1.29, 1.82) is 0 Å². The SMILES string of the molecule is CCN1/C(=C/C2=CC(=C/c3sc4ccccc4[n+]3CC)/CC(C)(C)C2)Sc2ccccc21.[I-]. The lowest BCUT2D eigenvalue weighted by Gasteiger charge is -2.31. The van der Waals surface area contributed by atoms with Crippen LogP contribution in [0.25, 0.3) is 16.3 Å². The van der Waals surface area contributed by atoms with Gasteiger partial charge < -0.3 is 28.9 Å². The predicted octanol–water partition coefficient (Wildman–Crippen LogP) is 4.82. The molecule has 0 fully saturated rings. The number of para-hydroxylation sites is 2. The second-order valence-electron chi connectivity index (χ2n) is 9.41. The molecule has 0 unspecified atom stereocenters. The van der Waals surface area contributed by atoms with Gasteiger partial charge in [-0.3, -0.25) is 0 Å². The average molecular weight is 587 g/mol. The van der Waals surface area contributed by atoms with E-state index in [2.05, 4.69) is 104 Å². The van der Waals surface area contributed by atoms with Crippen LogP contribution in [0.3, 0.4) is 0 Å². The Morgan fingerprint density at radius 1 is 1.00 bits per heavy atom. The van der Waals surface area contributed by atoms with Gasteiger partial charge in [-0.15, -0.1) is 0 Å². The van der Waals surface area contributed by atoms with Crippen LogP contribution in [-0.2, 0) is 6.54 Å². The number of hydrogen-bond acceptors (Lipinski definition) is 3. The molecule has 0 N–H and O–H groups in total. The third-order valence-corrected chi connectivity index (χ3v) is 8.48. The van der Waals surface area contributed by atoms with Crippen molar-refractivity contribution in [2.75, 3.05) is 11.4 Å². The van der Waals surface area contributed by atoms with Gasteiger partial charge in [0.1, 0.15) is 11.2 Å². The quantitative estimate of drug-likeness (QED) is 0.320. The van der Waals surface area contributed by atoms with E-state index in [1.165, 1.54) is 42.0 Å². The van der Waals surface area contributed by atoms with Crippen LogP contribution in [0.15, 0.2) is 81.8 Å². The molecule has 172 valence electrons. The molecule has 0 spiro atoms. The summed E-state index contributed by atoms with van der Waals surface area (Å²) in [5.41, 5.74) is 5.81. The molecule has 1 aliphatic heterocycles. The number of halogens is 1. The van der Waals surface area contributed by atoms with E-state index in [4.69, 9.17) is 0 Å². The first-order valence-corrected chi connectivity index (χ1v) is 13.2. The third kappa shape index (κ3) is 4.96. The summed E-state index contributed by atoms with van der Waals surface area (Å²) >= 11 is 3.80. The smallest absolute Gasteiger partial charge is 0.263 e. The fraction of sp³-hybridized carbons (Fsp3) is 0.321. The van der Waals surface area contributed by atoms with Gasteiger partial charge in [0.15, 0.2) is 0 Å². The van der Waals surface area contributed by atoms with E-state index in [1.54, 1.807) is 0 Å². The molecule has 33 heavy (non-hydrogen) atoms. The van der Waals surface area contributed by atoms with Crippen LogP contribution >= 0.6 is 23.1 Å². The van der Waals surface area contributed by atoms with Gasteiger partial charge in [-0.25, -0.2) is 0 Å². The Bertz CT molecular complexity index is 1270. The number of thioether (sulfide) groups is 1. The first kappa shape index (κ1) is 24.6. The Kier molecular flexibility index (Phi) is 7.41. The Hall–Kier alpha value is -1.57. The van der Waals surface area contributed by atoms with Gasteiger partial charge in [0.05, 0.1) is 10.7 Å². The van der Waals surface area contributed by atoms with Gasteiger partial charge in [-0.2, -0.15) is 4.57 Å². The summed E-state index contributed by atoms with van der Waals surface area (Å²) in [5, 5.41) is 2.70. The van der Waals surface area contributed by atoms with Crippen molar-refractivity contribution in [3.63, 3.8) is 0 Å². The molecule has 2 aliphatic rings. The second kappa shape index (κ2) is 9.96. The molecular formula is C28H31IN2S2. The fourth-order valence-electron chi connectivity index (χ4n) is 4.98. The van der Waals surface area contributed by atoms with E-state index in [0.29, 0.717) is 0 Å². The van der Waals surface area contributed by atoms with E-state index in [1.807, 2.05) is 23.1 Å². The number of allylic oxidation sites excluding steroid dienone is 4. The van der Waals surface area contributed by atoms with E-state index < -0.39 is 0 Å². The molecule has 5 rings (SSSR count). The summed E-state index contributed by atoms with van der Waals surface area (Å²) < 4.78 is 3.81. The molecule has 1 aromatic heterocycles. The largest absolute Gasteiger partial charge is 1.00 e. The minimum atomic E-state index is 0. The maximum absolute atomic E-state index is 2.45. The summed E-state index contributed by atoms with van der Waals surface area (Å²) in [4.78, 5) is 3.81. The van der Waals surface area contributed by atoms with Crippen LogP contribution in [0.5, 0.6) is 0 Å². The Morgan fingerprint density at radius 2 is 1.76 bits per heavy atom. The number of benzene rings is 2. The van der Waals surface area contributed by atoms with Gasteiger partial charge in [0.25, 0.3) is 5.01 Å². The van der Waals surface area contributed by atoms with E-state index in [0.717, 1.165) is 25.9 Å². The maximum atomic E-state index is 2.45. The molecule has 0 saturated heterocycles. The molecule has 0 radical (unpaired) electrons. The normalized spacial score (nSPS) is 19.6. The molecule has 0 bridgehead atoms. The van der Waals surface area contributed by atoms with Crippen molar-refractivity contribution in [3.8, 4) is 0 Å². The number of aryl methyl sites for hydroxylation is 1. The second-order valence-corrected chi connectivity index (χ2v) is 11.5. The van der Waals surface area contributed by atoms with E-state index in [-0.39, 0.29) is 29.4 Å². The molecule has 0 amide bonds. The van der Waals surface area contributed by atoms with Crippen LogP contribution in [0.2, 0.25) is 0 Å². The van der Waals surface area contributed by atoms with E-state index in [9.17, 15) is 0 Å². The summed E-state index contributed by atoms with van der Waals surface area (Å²) in [6.45, 7) is 11.3. The van der Waals surface area contributed by atoms with Crippen LogP contribution < -0.4 is 33.4 Å². The first-order chi connectivity index (χ1) is 15.5. The van der Waals surface area contributed by atoms with Gasteiger partial charge in [0, 0.05) is 23.6 Å². The van der Waals surface area contributed by atoms with Gasteiger partial charge in [0.2, 0.25) is 5.52 Å². The third-order valence-electron chi connectivity index (χ3n) is 6.26. The molecule has 3 aromatic rings. The molecule has 0 atom stereocenters. The average Bonchev–Trinajstić information content (AvgIpc) is 3.28. The molecule has 1 aliphatic carbocycles. The zero-order chi connectivity index (χ0) is 22.3. The summed E-state index contributed by atoms with van der Waals surface area (Å²) in [6.07, 6.45) is 9.54. The highest BCUT2D eigenvalue weighted by Crippen LogP contribution is 2.47. The summed E-state index contributed by atoms with van der Waals surface area (Å²) in [6, 6.07) is 17.5. The molecule has 5 heteroatoms. The number of rotatable bonds is 4. The molecular weight excluding hydrogens is 555 g/mol. The topological polar surface area (TPSA) is 7.12 Å². The van der Waals surface area contributed by atoms with Crippen LogP contribution in [0.4, 0.5) is 5.69 Å². The Morgan fingerprint density at radius 3 is 2.55 bits per heavy atom. The van der Waals surface area contributed by atoms with Gasteiger partial charge in [-0.1, -0.05) is 67.3 Å². The van der Waals surface area contributed by atoms with Crippen molar-refractivity contribution < 1.29 is 28.5 Å². The number of fused-ring (bicyclic) bond motifs is 2. The van der Waals surface area contributed by atoms with Crippen LogP contribution in [-0.4, -0.2) is 6.54 Å². The minimum absolute atomic E-state index is 0. The van der Waals surface area contributed by atoms with Crippen LogP contribution in [0, 0.1) is 5.41 Å². The van der Waals surface area contributed by atoms with Crippen molar-refractivity contribution in [2.45, 2.75) is 52.0 Å². The molecule has 2 nitrogen and oxygen atoms in total. The molecule has 2 heterocycles. The number of nitrogens with zero attached hydrogens (tertiary/aromatic N) is 2. The van der Waals surface area contributed by atoms with Crippen molar-refractivity contribution in [1.82, 2.24) is 0 Å². The number of anilines is 1. The van der Waals surface area contributed by atoms with Gasteiger partial charge >= 0.3 is 0 Å². The van der Waals surface area contributed by atoms with Crippen molar-refractivity contribution in [2.24, 2.45) is 5.41 Å². The molecule has 0 saturated carbocycles. The standard InChI is InChI=1S/C28H31N2S2.HI/c1-5-29-22-11-7-9-13-24(22)31-26(29)16-20-15-21(19-28(3,4)18-20)17-27-30(6-2)23-12-8-10-14-25(23)32-27;/h7-17H,5-6,18-19H2,1-4H3;1H/q+1;/p-1. The Labute approximate surface area is 223 Å². The van der Waals surface area contributed by atoms with Crippen LogP contribution in [0.1, 0.15) is 45.5 Å². The highest BCUT2D eigenvalue weighted by Gasteiger charge is 2.29. The highest BCUT2D eigenvalue weighted by molar-refractivity contribution is 8.03. The number of thiazole rings is 1. The summed E-state index contributed by atoms with van der Waals surface area (Å²) in [7, 11) is 0. The predicted molar refractivity (Wildman–Crippen MR) is 140 cm³/mol. The molecule has 2 aromatic carbocycles. The maximum Gasteiger partial charge on any atom is 0.263 e. The lowest BCUT2D eigenvalue weighted by Crippen LogP contribution is -3.00. The lowest BCUT2D eigenvalue weighted by molar-refractivity contribution is -0.665. The number of aromatic nitrogens is 1. The zero-order valence-electron chi connectivity index (χ0n) is 19.8. The van der Waals surface area contributed by atoms with E-state index >= 15 is 0 Å². The monoisotopic (exact) mass is 586 g/mol. The minimum Gasteiger partial charge on any atom is -1.00 e. The fourth-order valence-corrected chi connectivity index (χ4v) is 7.39.